The Labute approximate surface area is 117 Å². The van der Waals surface area contributed by atoms with Gasteiger partial charge in [0.15, 0.2) is 0 Å². The zero-order valence-corrected chi connectivity index (χ0v) is 11.7. The van der Waals surface area contributed by atoms with Gasteiger partial charge in [-0.3, -0.25) is 0 Å². The lowest BCUT2D eigenvalue weighted by atomic mass is 10.0. The average Bonchev–Trinajstić information content (AvgIpc) is 2.96. The summed E-state index contributed by atoms with van der Waals surface area (Å²) in [6.45, 7) is 2.10. The highest BCUT2D eigenvalue weighted by Gasteiger charge is 2.18. The molecule has 1 aromatic heterocycles. The summed E-state index contributed by atoms with van der Waals surface area (Å²) in [6, 6.07) is 7.26. The summed E-state index contributed by atoms with van der Waals surface area (Å²) in [4.78, 5) is 14.8. The van der Waals surface area contributed by atoms with Crippen LogP contribution in [0, 0.1) is 0 Å². The van der Waals surface area contributed by atoms with Crippen molar-refractivity contribution in [2.45, 2.75) is 6.92 Å². The smallest absolute Gasteiger partial charge is 0.355 e. The topological polar surface area (TPSA) is 60.6 Å². The van der Waals surface area contributed by atoms with Crippen LogP contribution in [0.1, 0.15) is 17.4 Å². The first-order chi connectivity index (χ1) is 9.71. The van der Waals surface area contributed by atoms with Gasteiger partial charge in [0.05, 0.1) is 20.8 Å². The maximum absolute atomic E-state index is 11.9. The van der Waals surface area contributed by atoms with E-state index in [-0.39, 0.29) is 5.97 Å². The molecule has 2 aromatic rings. The van der Waals surface area contributed by atoms with E-state index in [2.05, 4.69) is 4.98 Å². The number of aromatic amines is 1. The van der Waals surface area contributed by atoms with Crippen molar-refractivity contribution in [1.82, 2.24) is 4.98 Å². The number of methoxy groups -OCH3 is 2. The Morgan fingerprint density at radius 3 is 2.60 bits per heavy atom. The zero-order chi connectivity index (χ0) is 14.5. The molecule has 0 amide bonds. The van der Waals surface area contributed by atoms with Crippen LogP contribution in [0.3, 0.4) is 0 Å². The highest BCUT2D eigenvalue weighted by Crippen LogP contribution is 2.35. The molecule has 0 radical (unpaired) electrons. The van der Waals surface area contributed by atoms with Crippen LogP contribution in [0.4, 0.5) is 0 Å². The number of ether oxygens (including phenoxy) is 3. The Morgan fingerprint density at radius 1 is 1.15 bits per heavy atom. The molecule has 0 saturated carbocycles. The van der Waals surface area contributed by atoms with Gasteiger partial charge in [0, 0.05) is 23.4 Å². The van der Waals surface area contributed by atoms with E-state index in [0.717, 1.165) is 11.1 Å². The molecule has 2 rings (SSSR count). The van der Waals surface area contributed by atoms with Crippen LogP contribution in [0.15, 0.2) is 30.5 Å². The lowest BCUT2D eigenvalue weighted by Gasteiger charge is -2.11. The Hall–Kier alpha value is -2.43. The first kappa shape index (κ1) is 14.0. The molecule has 1 aromatic carbocycles. The van der Waals surface area contributed by atoms with E-state index in [0.29, 0.717) is 23.8 Å². The monoisotopic (exact) mass is 275 g/mol. The van der Waals surface area contributed by atoms with Crippen molar-refractivity contribution in [2.24, 2.45) is 0 Å². The van der Waals surface area contributed by atoms with Crippen LogP contribution >= 0.6 is 0 Å². The van der Waals surface area contributed by atoms with Gasteiger partial charge in [-0.25, -0.2) is 4.79 Å². The van der Waals surface area contributed by atoms with Crippen molar-refractivity contribution in [2.75, 3.05) is 20.8 Å². The predicted molar refractivity (Wildman–Crippen MR) is 75.3 cm³/mol. The van der Waals surface area contributed by atoms with Crippen LogP contribution in [-0.2, 0) is 4.74 Å². The van der Waals surface area contributed by atoms with Crippen molar-refractivity contribution < 1.29 is 19.0 Å². The van der Waals surface area contributed by atoms with Gasteiger partial charge in [0.25, 0.3) is 0 Å². The highest BCUT2D eigenvalue weighted by molar-refractivity contribution is 5.96. The second kappa shape index (κ2) is 6.14. The van der Waals surface area contributed by atoms with Gasteiger partial charge in [0.2, 0.25) is 0 Å². The summed E-state index contributed by atoms with van der Waals surface area (Å²) in [5.41, 5.74) is 1.95. The summed E-state index contributed by atoms with van der Waals surface area (Å²) in [5.74, 6) is 0.943. The van der Waals surface area contributed by atoms with Crippen molar-refractivity contribution >= 4 is 5.97 Å². The number of aromatic nitrogens is 1. The van der Waals surface area contributed by atoms with Crippen molar-refractivity contribution in [1.29, 1.82) is 0 Å². The fraction of sp³-hybridized carbons (Fsp3) is 0.267. The van der Waals surface area contributed by atoms with Crippen LogP contribution in [0.5, 0.6) is 11.5 Å². The number of carbonyl (C=O) groups is 1. The molecule has 5 nitrogen and oxygen atoms in total. The predicted octanol–water partition coefficient (Wildman–Crippen LogP) is 2.88. The molecular formula is C15H17NO4. The Bertz CT molecular complexity index is 604. The molecular weight excluding hydrogens is 258 g/mol. The fourth-order valence-electron chi connectivity index (χ4n) is 1.99. The number of carbonyl (C=O) groups excluding carboxylic acids is 1. The minimum Gasteiger partial charge on any atom is -0.497 e. The molecule has 1 heterocycles. The van der Waals surface area contributed by atoms with Crippen LogP contribution in [0.25, 0.3) is 11.1 Å². The second-order valence-corrected chi connectivity index (χ2v) is 4.05. The minimum absolute atomic E-state index is 0.330. The van der Waals surface area contributed by atoms with Crippen LogP contribution in [0.2, 0.25) is 0 Å². The number of H-pyrrole nitrogens is 1. The standard InChI is InChI=1S/C15H17NO4/c1-4-20-15(17)14-12(7-8-16-14)11-6-5-10(18-2)9-13(11)19-3/h5-9,16H,4H2,1-3H3. The summed E-state index contributed by atoms with van der Waals surface area (Å²) < 4.78 is 15.6. The third kappa shape index (κ3) is 2.61. The summed E-state index contributed by atoms with van der Waals surface area (Å²) in [7, 11) is 3.17. The normalized spacial score (nSPS) is 10.2. The van der Waals surface area contributed by atoms with Crippen LogP contribution in [-0.4, -0.2) is 31.8 Å². The molecule has 20 heavy (non-hydrogen) atoms. The van der Waals surface area contributed by atoms with E-state index in [1.165, 1.54) is 0 Å². The van der Waals surface area contributed by atoms with E-state index in [1.807, 2.05) is 18.2 Å². The van der Waals surface area contributed by atoms with Crippen LogP contribution < -0.4 is 9.47 Å². The highest BCUT2D eigenvalue weighted by atomic mass is 16.5. The van der Waals surface area contributed by atoms with E-state index in [4.69, 9.17) is 14.2 Å². The maximum atomic E-state index is 11.9. The van der Waals surface area contributed by atoms with Crippen molar-refractivity contribution in [3.05, 3.63) is 36.2 Å². The number of benzene rings is 1. The summed E-state index contributed by atoms with van der Waals surface area (Å²) in [6.07, 6.45) is 1.70. The molecule has 0 aliphatic heterocycles. The number of esters is 1. The number of nitrogens with one attached hydrogen (secondary N) is 1. The van der Waals surface area contributed by atoms with Crippen molar-refractivity contribution in [3.63, 3.8) is 0 Å². The third-order valence-electron chi connectivity index (χ3n) is 2.93. The van der Waals surface area contributed by atoms with Gasteiger partial charge in [-0.05, 0) is 25.1 Å². The lowest BCUT2D eigenvalue weighted by molar-refractivity contribution is 0.0521. The second-order valence-electron chi connectivity index (χ2n) is 4.05. The van der Waals surface area contributed by atoms with Gasteiger partial charge in [-0.2, -0.15) is 0 Å². The molecule has 106 valence electrons. The molecule has 0 spiro atoms. The molecule has 0 atom stereocenters. The number of hydrogen-bond acceptors (Lipinski definition) is 4. The van der Waals surface area contributed by atoms with E-state index >= 15 is 0 Å². The number of hydrogen-bond donors (Lipinski definition) is 1. The first-order valence-electron chi connectivity index (χ1n) is 6.28. The molecule has 5 heteroatoms. The van der Waals surface area contributed by atoms with Gasteiger partial charge in [-0.1, -0.05) is 0 Å². The zero-order valence-electron chi connectivity index (χ0n) is 11.7. The Kier molecular flexibility index (Phi) is 4.30. The van der Waals surface area contributed by atoms with E-state index in [9.17, 15) is 4.79 Å². The lowest BCUT2D eigenvalue weighted by Crippen LogP contribution is -2.06. The Balaban J connectivity index is 2.47. The largest absolute Gasteiger partial charge is 0.497 e. The third-order valence-corrected chi connectivity index (χ3v) is 2.93. The molecule has 0 fully saturated rings. The van der Waals surface area contributed by atoms with Gasteiger partial charge in [0.1, 0.15) is 17.2 Å². The molecule has 0 aliphatic rings. The molecule has 1 N–H and O–H groups in total. The molecule has 0 bridgehead atoms. The summed E-state index contributed by atoms with van der Waals surface area (Å²) >= 11 is 0. The first-order valence-corrected chi connectivity index (χ1v) is 6.28. The van der Waals surface area contributed by atoms with Gasteiger partial charge >= 0.3 is 5.97 Å². The van der Waals surface area contributed by atoms with Gasteiger partial charge < -0.3 is 19.2 Å². The molecule has 0 unspecified atom stereocenters. The SMILES string of the molecule is CCOC(=O)c1[nH]ccc1-c1ccc(OC)cc1OC. The minimum atomic E-state index is -0.384. The number of rotatable bonds is 5. The molecule has 0 saturated heterocycles. The van der Waals surface area contributed by atoms with Gasteiger partial charge in [-0.15, -0.1) is 0 Å². The summed E-state index contributed by atoms with van der Waals surface area (Å²) in [5, 5.41) is 0. The Morgan fingerprint density at radius 2 is 1.95 bits per heavy atom. The van der Waals surface area contributed by atoms with E-state index in [1.54, 1.807) is 33.4 Å². The van der Waals surface area contributed by atoms with E-state index < -0.39 is 0 Å². The average molecular weight is 275 g/mol. The fourth-order valence-corrected chi connectivity index (χ4v) is 1.99. The quantitative estimate of drug-likeness (QED) is 0.852. The maximum Gasteiger partial charge on any atom is 0.355 e. The molecule has 0 aliphatic carbocycles. The van der Waals surface area contributed by atoms with Crippen molar-refractivity contribution in [3.8, 4) is 22.6 Å².